The predicted octanol–water partition coefficient (Wildman–Crippen LogP) is 4.73. The zero-order valence-corrected chi connectivity index (χ0v) is 17.0. The lowest BCUT2D eigenvalue weighted by Crippen LogP contribution is -2.40. The highest BCUT2D eigenvalue weighted by Gasteiger charge is 2.41. The van der Waals surface area contributed by atoms with Crippen LogP contribution in [0.5, 0.6) is 0 Å². The number of aryl methyl sites for hydroxylation is 2. The molecule has 0 unspecified atom stereocenters. The highest BCUT2D eigenvalue weighted by molar-refractivity contribution is 9.10. The molecule has 0 bridgehead atoms. The van der Waals surface area contributed by atoms with Crippen LogP contribution in [0.3, 0.4) is 0 Å². The number of rotatable bonds is 4. The van der Waals surface area contributed by atoms with Crippen molar-refractivity contribution in [1.82, 2.24) is 4.98 Å². The first-order valence-corrected chi connectivity index (χ1v) is 9.46. The van der Waals surface area contributed by atoms with E-state index >= 15 is 0 Å². The fraction of sp³-hybridized carbons (Fsp3) is 0.667. The fourth-order valence-corrected chi connectivity index (χ4v) is 3.84. The second-order valence-electron chi connectivity index (χ2n) is 6.94. The Labute approximate surface area is 160 Å². The molecule has 1 aliphatic heterocycles. The summed E-state index contributed by atoms with van der Waals surface area (Å²) in [6.07, 6.45) is -4.24. The topological polar surface area (TPSA) is 42.4 Å². The Balaban J connectivity index is 2.31. The van der Waals surface area contributed by atoms with E-state index in [2.05, 4.69) is 20.9 Å². The lowest BCUT2D eigenvalue weighted by atomic mass is 9.95. The number of esters is 1. The molecule has 0 radical (unpaired) electrons. The number of carbonyl (C=O) groups excluding carboxylic acids is 1. The summed E-state index contributed by atoms with van der Waals surface area (Å²) in [5, 5.41) is 0. The van der Waals surface area contributed by atoms with Crippen LogP contribution in [0.4, 0.5) is 18.9 Å². The maximum Gasteiger partial charge on any atom is 0.391 e. The smallest absolute Gasteiger partial charge is 0.391 e. The molecule has 26 heavy (non-hydrogen) atoms. The van der Waals surface area contributed by atoms with Gasteiger partial charge >= 0.3 is 12.1 Å². The van der Waals surface area contributed by atoms with Crippen molar-refractivity contribution in [2.75, 3.05) is 18.0 Å². The van der Waals surface area contributed by atoms with E-state index in [4.69, 9.17) is 4.74 Å². The van der Waals surface area contributed by atoms with Crippen molar-refractivity contribution in [3.63, 3.8) is 0 Å². The van der Waals surface area contributed by atoms with Gasteiger partial charge in [0.2, 0.25) is 0 Å². The van der Waals surface area contributed by atoms with Crippen molar-refractivity contribution in [2.24, 2.45) is 5.92 Å². The van der Waals surface area contributed by atoms with Crippen molar-refractivity contribution in [3.8, 4) is 0 Å². The van der Waals surface area contributed by atoms with Gasteiger partial charge in [-0.15, -0.1) is 0 Å². The highest BCUT2D eigenvalue weighted by atomic mass is 79.9. The molecule has 4 nitrogen and oxygen atoms in total. The number of hydrogen-bond donors (Lipinski definition) is 0. The van der Waals surface area contributed by atoms with Gasteiger partial charge in [-0.3, -0.25) is 9.78 Å². The lowest BCUT2D eigenvalue weighted by Gasteiger charge is -2.36. The first kappa shape index (κ1) is 21.0. The van der Waals surface area contributed by atoms with Crippen LogP contribution in [-0.4, -0.2) is 36.3 Å². The van der Waals surface area contributed by atoms with Crippen molar-refractivity contribution < 1.29 is 22.7 Å². The third kappa shape index (κ3) is 4.90. The van der Waals surface area contributed by atoms with Gasteiger partial charge in [-0.2, -0.15) is 13.2 Å². The van der Waals surface area contributed by atoms with Crippen LogP contribution in [-0.2, 0) is 16.0 Å². The molecule has 2 heterocycles. The molecule has 2 rings (SSSR count). The molecule has 0 spiro atoms. The third-order valence-corrected chi connectivity index (χ3v) is 5.50. The number of halogens is 4. The van der Waals surface area contributed by atoms with Gasteiger partial charge in [-0.05, 0) is 56.5 Å². The Morgan fingerprint density at radius 1 is 1.27 bits per heavy atom. The van der Waals surface area contributed by atoms with Gasteiger partial charge in [0.15, 0.2) is 0 Å². The molecule has 146 valence electrons. The Kier molecular flexibility index (Phi) is 6.58. The molecular formula is C18H24BrF3N2O2. The molecule has 1 aromatic heterocycles. The lowest BCUT2D eigenvalue weighted by molar-refractivity contribution is -0.179. The molecule has 1 aromatic rings. The summed E-state index contributed by atoms with van der Waals surface area (Å²) >= 11 is 3.52. The van der Waals surface area contributed by atoms with Crippen LogP contribution in [0.15, 0.2) is 4.47 Å². The average molecular weight is 437 g/mol. The molecule has 0 saturated carbocycles. The zero-order chi connectivity index (χ0) is 19.6. The minimum absolute atomic E-state index is 0.0461. The summed E-state index contributed by atoms with van der Waals surface area (Å²) in [6.45, 7) is 7.77. The van der Waals surface area contributed by atoms with Crippen LogP contribution in [0.25, 0.3) is 0 Å². The van der Waals surface area contributed by atoms with Gasteiger partial charge in [0.05, 0.1) is 34.3 Å². The number of nitrogens with zero attached hydrogens (tertiary/aromatic N) is 2. The molecule has 1 aliphatic rings. The molecule has 0 aromatic carbocycles. The number of piperidine rings is 1. The minimum atomic E-state index is -4.16. The van der Waals surface area contributed by atoms with Crippen LogP contribution >= 0.6 is 15.9 Å². The predicted molar refractivity (Wildman–Crippen MR) is 97.3 cm³/mol. The molecule has 1 fully saturated rings. The summed E-state index contributed by atoms with van der Waals surface area (Å²) in [4.78, 5) is 18.5. The number of anilines is 1. The van der Waals surface area contributed by atoms with E-state index in [-0.39, 0.29) is 44.4 Å². The number of hydrogen-bond acceptors (Lipinski definition) is 4. The Morgan fingerprint density at radius 2 is 1.85 bits per heavy atom. The number of pyridine rings is 1. The molecular weight excluding hydrogens is 413 g/mol. The van der Waals surface area contributed by atoms with Gasteiger partial charge < -0.3 is 9.64 Å². The summed E-state index contributed by atoms with van der Waals surface area (Å²) in [7, 11) is 0. The Morgan fingerprint density at radius 3 is 2.35 bits per heavy atom. The highest BCUT2D eigenvalue weighted by Crippen LogP contribution is 2.40. The second-order valence-corrected chi connectivity index (χ2v) is 7.74. The van der Waals surface area contributed by atoms with Crippen LogP contribution in [0.2, 0.25) is 0 Å². The normalized spacial score (nSPS) is 16.3. The van der Waals surface area contributed by atoms with E-state index in [0.717, 1.165) is 15.9 Å². The average Bonchev–Trinajstić information content (AvgIpc) is 2.51. The minimum Gasteiger partial charge on any atom is -0.463 e. The monoisotopic (exact) mass is 436 g/mol. The van der Waals surface area contributed by atoms with Crippen molar-refractivity contribution in [1.29, 1.82) is 0 Å². The van der Waals surface area contributed by atoms with E-state index in [9.17, 15) is 18.0 Å². The summed E-state index contributed by atoms with van der Waals surface area (Å²) in [5.74, 6) is -1.64. The molecule has 8 heteroatoms. The first-order valence-electron chi connectivity index (χ1n) is 8.67. The molecule has 1 saturated heterocycles. The van der Waals surface area contributed by atoms with E-state index in [1.807, 2.05) is 18.7 Å². The van der Waals surface area contributed by atoms with Gasteiger partial charge in [0.25, 0.3) is 0 Å². The molecule has 0 aliphatic carbocycles. The van der Waals surface area contributed by atoms with Crippen LogP contribution in [0, 0.1) is 19.8 Å². The molecule has 0 atom stereocenters. The molecule has 0 amide bonds. The van der Waals surface area contributed by atoms with Crippen LogP contribution in [0.1, 0.15) is 43.6 Å². The summed E-state index contributed by atoms with van der Waals surface area (Å²) in [6, 6.07) is 0. The van der Waals surface area contributed by atoms with Gasteiger partial charge in [0, 0.05) is 24.3 Å². The van der Waals surface area contributed by atoms with Gasteiger partial charge in [-0.25, -0.2) is 0 Å². The first-order chi connectivity index (χ1) is 12.0. The van der Waals surface area contributed by atoms with Crippen molar-refractivity contribution in [2.45, 2.75) is 59.2 Å². The number of alkyl halides is 3. The van der Waals surface area contributed by atoms with Crippen molar-refractivity contribution in [3.05, 3.63) is 21.4 Å². The van der Waals surface area contributed by atoms with E-state index in [0.29, 0.717) is 11.3 Å². The standard InChI is InChI=1S/C18H24BrF3N2O2/c1-10(2)26-15(25)9-14-11(3)23-12(4)16(19)17(14)24-7-5-13(6-8-24)18(20,21)22/h10,13H,5-9H2,1-4H3. The summed E-state index contributed by atoms with van der Waals surface area (Å²) in [5.41, 5.74) is 2.91. The SMILES string of the molecule is Cc1nc(C)c(CC(=O)OC(C)C)c(N2CCC(C(F)(F)F)CC2)c1Br. The number of aromatic nitrogens is 1. The largest absolute Gasteiger partial charge is 0.463 e. The van der Waals surface area contributed by atoms with Crippen molar-refractivity contribution >= 4 is 27.6 Å². The van der Waals surface area contributed by atoms with E-state index in [1.165, 1.54) is 0 Å². The van der Waals surface area contributed by atoms with E-state index < -0.39 is 12.1 Å². The van der Waals surface area contributed by atoms with Gasteiger partial charge in [0.1, 0.15) is 0 Å². The number of ether oxygens (including phenoxy) is 1. The van der Waals surface area contributed by atoms with Gasteiger partial charge in [-0.1, -0.05) is 0 Å². The second kappa shape index (κ2) is 8.15. The Hall–Kier alpha value is -1.31. The zero-order valence-electron chi connectivity index (χ0n) is 15.4. The maximum absolute atomic E-state index is 13.0. The maximum atomic E-state index is 13.0. The van der Waals surface area contributed by atoms with E-state index in [1.54, 1.807) is 13.8 Å². The third-order valence-electron chi connectivity index (χ3n) is 4.55. The quantitative estimate of drug-likeness (QED) is 0.639. The van der Waals surface area contributed by atoms with Crippen LogP contribution < -0.4 is 4.90 Å². The fourth-order valence-electron chi connectivity index (χ4n) is 3.26. The Bertz CT molecular complexity index is 669. The number of carbonyl (C=O) groups is 1. The summed E-state index contributed by atoms with van der Waals surface area (Å²) < 4.78 is 44.8. The molecule has 0 N–H and O–H groups in total.